The number of aromatic amines is 1. The van der Waals surface area contributed by atoms with Gasteiger partial charge in [0, 0.05) is 5.02 Å². The molecule has 0 aliphatic heterocycles. The lowest BCUT2D eigenvalue weighted by Crippen LogP contribution is -1.79. The molecule has 98 valence electrons. The second kappa shape index (κ2) is 5.72. The lowest BCUT2D eigenvalue weighted by atomic mass is 10.0. The largest absolute Gasteiger partial charge is 0.197 e. The molecule has 0 bridgehead atoms. The van der Waals surface area contributed by atoms with Crippen LogP contribution in [-0.4, -0.2) is 15.4 Å². The molecule has 20 heavy (non-hydrogen) atoms. The molecule has 0 atom stereocenters. The van der Waals surface area contributed by atoms with Crippen LogP contribution in [0.4, 0.5) is 0 Å². The van der Waals surface area contributed by atoms with E-state index in [0.29, 0.717) is 0 Å². The van der Waals surface area contributed by atoms with Gasteiger partial charge in [0.2, 0.25) is 0 Å². The average Bonchev–Trinajstić information content (AvgIpc) is 2.99. The Labute approximate surface area is 121 Å². The molecule has 0 amide bonds. The summed E-state index contributed by atoms with van der Waals surface area (Å²) in [4.78, 5) is 0. The highest BCUT2D eigenvalue weighted by Gasteiger charge is 1.98. The highest BCUT2D eigenvalue weighted by molar-refractivity contribution is 6.30. The fourth-order valence-corrected chi connectivity index (χ4v) is 2.12. The summed E-state index contributed by atoms with van der Waals surface area (Å²) in [6.45, 7) is 0. The maximum atomic E-state index is 6.01. The lowest BCUT2D eigenvalue weighted by Gasteiger charge is -2.02. The fraction of sp³-hybridized carbons (Fsp3) is 0. The quantitative estimate of drug-likeness (QED) is 0.778. The zero-order valence-corrected chi connectivity index (χ0v) is 11.4. The summed E-state index contributed by atoms with van der Waals surface area (Å²) < 4.78 is 0. The Hall–Kier alpha value is -2.39. The van der Waals surface area contributed by atoms with Crippen LogP contribution in [0, 0.1) is 0 Å². The third kappa shape index (κ3) is 2.95. The number of hydrogen-bond acceptors (Lipinski definition) is 2. The molecule has 1 N–H and O–H groups in total. The SMILES string of the molecule is Clc1cccc(-c2ccc(C=Cc3cn[nH]n3)cc2)c1. The van der Waals surface area contributed by atoms with Crippen molar-refractivity contribution < 1.29 is 0 Å². The summed E-state index contributed by atoms with van der Waals surface area (Å²) in [5, 5.41) is 11.1. The molecule has 0 unspecified atom stereocenters. The molecule has 3 rings (SSSR count). The number of rotatable bonds is 3. The monoisotopic (exact) mass is 281 g/mol. The summed E-state index contributed by atoms with van der Waals surface area (Å²) in [6.07, 6.45) is 5.59. The van der Waals surface area contributed by atoms with Crippen molar-refractivity contribution in [1.82, 2.24) is 15.4 Å². The van der Waals surface area contributed by atoms with Gasteiger partial charge in [-0.2, -0.15) is 15.4 Å². The zero-order valence-electron chi connectivity index (χ0n) is 10.6. The van der Waals surface area contributed by atoms with Crippen molar-refractivity contribution in [1.29, 1.82) is 0 Å². The van der Waals surface area contributed by atoms with Gasteiger partial charge in [-0.25, -0.2) is 0 Å². The van der Waals surface area contributed by atoms with Crippen LogP contribution >= 0.6 is 11.6 Å². The van der Waals surface area contributed by atoms with Crippen LogP contribution in [0.5, 0.6) is 0 Å². The van der Waals surface area contributed by atoms with E-state index in [9.17, 15) is 0 Å². The van der Waals surface area contributed by atoms with Gasteiger partial charge in [0.25, 0.3) is 0 Å². The van der Waals surface area contributed by atoms with Crippen molar-refractivity contribution in [3.63, 3.8) is 0 Å². The summed E-state index contributed by atoms with van der Waals surface area (Å²) in [6, 6.07) is 16.1. The van der Waals surface area contributed by atoms with E-state index in [1.165, 1.54) is 0 Å². The maximum absolute atomic E-state index is 6.01. The molecule has 0 aliphatic rings. The Balaban J connectivity index is 1.81. The molecule has 3 nitrogen and oxygen atoms in total. The fourth-order valence-electron chi connectivity index (χ4n) is 1.93. The van der Waals surface area contributed by atoms with Crippen LogP contribution in [0.25, 0.3) is 23.3 Å². The van der Waals surface area contributed by atoms with Crippen LogP contribution in [0.15, 0.2) is 54.7 Å². The number of hydrogen-bond donors (Lipinski definition) is 1. The Kier molecular flexibility index (Phi) is 3.61. The summed E-state index contributed by atoms with van der Waals surface area (Å²) in [5.41, 5.74) is 4.18. The van der Waals surface area contributed by atoms with Gasteiger partial charge < -0.3 is 0 Å². The van der Waals surface area contributed by atoms with Crippen molar-refractivity contribution in [2.75, 3.05) is 0 Å². The topological polar surface area (TPSA) is 41.6 Å². The van der Waals surface area contributed by atoms with Crippen LogP contribution < -0.4 is 0 Å². The lowest BCUT2D eigenvalue weighted by molar-refractivity contribution is 0.937. The van der Waals surface area contributed by atoms with Crippen LogP contribution in [0.1, 0.15) is 11.3 Å². The Morgan fingerprint density at radius 2 is 1.80 bits per heavy atom. The predicted molar refractivity (Wildman–Crippen MR) is 82.2 cm³/mol. The standard InChI is InChI=1S/C16H12ClN3/c17-15-3-1-2-14(10-15)13-7-4-12(5-8-13)6-9-16-11-18-20-19-16/h1-11H,(H,18,19,20). The highest BCUT2D eigenvalue weighted by Crippen LogP contribution is 2.23. The predicted octanol–water partition coefficient (Wildman–Crippen LogP) is 4.30. The molecule has 1 aromatic heterocycles. The smallest absolute Gasteiger partial charge is 0.105 e. The molecular weight excluding hydrogens is 270 g/mol. The van der Waals surface area contributed by atoms with E-state index in [1.54, 1.807) is 6.20 Å². The van der Waals surface area contributed by atoms with Crippen molar-refractivity contribution in [2.24, 2.45) is 0 Å². The number of H-pyrrole nitrogens is 1. The number of aromatic nitrogens is 3. The van der Waals surface area contributed by atoms with E-state index in [2.05, 4.69) is 39.7 Å². The molecule has 3 aromatic rings. The highest BCUT2D eigenvalue weighted by atomic mass is 35.5. The first kappa shape index (κ1) is 12.6. The minimum absolute atomic E-state index is 0.748. The van der Waals surface area contributed by atoms with Gasteiger partial charge in [0.15, 0.2) is 0 Å². The Morgan fingerprint density at radius 3 is 2.50 bits per heavy atom. The molecule has 0 saturated carbocycles. The first-order chi connectivity index (χ1) is 9.81. The van der Waals surface area contributed by atoms with E-state index < -0.39 is 0 Å². The first-order valence-corrected chi connectivity index (χ1v) is 6.59. The third-order valence-electron chi connectivity index (χ3n) is 2.95. The molecule has 0 fully saturated rings. The Morgan fingerprint density at radius 1 is 0.950 bits per heavy atom. The third-order valence-corrected chi connectivity index (χ3v) is 3.18. The molecule has 0 spiro atoms. The van der Waals surface area contributed by atoms with Gasteiger partial charge in [-0.15, -0.1) is 0 Å². The summed E-state index contributed by atoms with van der Waals surface area (Å²) >= 11 is 6.01. The molecule has 2 aromatic carbocycles. The number of benzene rings is 2. The molecule has 0 saturated heterocycles. The van der Waals surface area contributed by atoms with Crippen LogP contribution in [0.2, 0.25) is 5.02 Å². The molecule has 1 heterocycles. The van der Waals surface area contributed by atoms with Crippen molar-refractivity contribution in [3.8, 4) is 11.1 Å². The number of nitrogens with zero attached hydrogens (tertiary/aromatic N) is 2. The summed E-state index contributed by atoms with van der Waals surface area (Å²) in [5.74, 6) is 0. The van der Waals surface area contributed by atoms with Gasteiger partial charge in [-0.1, -0.05) is 54.1 Å². The normalized spacial score (nSPS) is 11.1. The second-order valence-corrected chi connectivity index (χ2v) is 4.80. The second-order valence-electron chi connectivity index (χ2n) is 4.36. The average molecular weight is 282 g/mol. The Bertz CT molecular complexity index is 716. The molecule has 4 heteroatoms. The molecular formula is C16H12ClN3. The minimum Gasteiger partial charge on any atom is -0.197 e. The van der Waals surface area contributed by atoms with Gasteiger partial charge >= 0.3 is 0 Å². The van der Waals surface area contributed by atoms with E-state index >= 15 is 0 Å². The molecule has 0 radical (unpaired) electrons. The number of nitrogens with one attached hydrogen (secondary N) is 1. The summed E-state index contributed by atoms with van der Waals surface area (Å²) in [7, 11) is 0. The van der Waals surface area contributed by atoms with E-state index in [0.717, 1.165) is 27.4 Å². The van der Waals surface area contributed by atoms with Gasteiger partial charge in [-0.3, -0.25) is 0 Å². The number of halogens is 1. The first-order valence-electron chi connectivity index (χ1n) is 6.21. The van der Waals surface area contributed by atoms with Gasteiger partial charge in [-0.05, 0) is 34.9 Å². The van der Waals surface area contributed by atoms with Crippen molar-refractivity contribution in [3.05, 3.63) is 71.0 Å². The van der Waals surface area contributed by atoms with Crippen LogP contribution in [0.3, 0.4) is 0 Å². The van der Waals surface area contributed by atoms with Gasteiger partial charge in [0.05, 0.1) is 6.20 Å². The zero-order chi connectivity index (χ0) is 13.8. The van der Waals surface area contributed by atoms with E-state index in [1.807, 2.05) is 36.4 Å². The van der Waals surface area contributed by atoms with E-state index in [4.69, 9.17) is 11.6 Å². The van der Waals surface area contributed by atoms with Crippen molar-refractivity contribution >= 4 is 23.8 Å². The minimum atomic E-state index is 0.748. The van der Waals surface area contributed by atoms with Gasteiger partial charge in [0.1, 0.15) is 5.69 Å². The van der Waals surface area contributed by atoms with E-state index in [-0.39, 0.29) is 0 Å². The van der Waals surface area contributed by atoms with Crippen LogP contribution in [-0.2, 0) is 0 Å². The van der Waals surface area contributed by atoms with Crippen molar-refractivity contribution in [2.45, 2.75) is 0 Å². The molecule has 0 aliphatic carbocycles. The maximum Gasteiger partial charge on any atom is 0.105 e.